The summed E-state index contributed by atoms with van der Waals surface area (Å²) in [6.45, 7) is 5.09. The van der Waals surface area contributed by atoms with Crippen molar-refractivity contribution in [3.63, 3.8) is 0 Å². The Kier molecular flexibility index (Phi) is 6.50. The summed E-state index contributed by atoms with van der Waals surface area (Å²) in [5, 5.41) is 3.45. The minimum Gasteiger partial charge on any atom is -0.310 e. The van der Waals surface area contributed by atoms with Gasteiger partial charge in [-0.3, -0.25) is 4.39 Å². The van der Waals surface area contributed by atoms with Gasteiger partial charge in [0.2, 0.25) is 0 Å². The highest BCUT2D eigenvalue weighted by atomic mass is 32.2. The third-order valence-electron chi connectivity index (χ3n) is 2.40. The van der Waals surface area contributed by atoms with Crippen molar-refractivity contribution in [2.24, 2.45) is 0 Å². The average molecular weight is 241 g/mol. The van der Waals surface area contributed by atoms with E-state index < -0.39 is 0 Å². The van der Waals surface area contributed by atoms with Gasteiger partial charge in [-0.1, -0.05) is 19.1 Å². The van der Waals surface area contributed by atoms with E-state index in [9.17, 15) is 4.39 Å². The first kappa shape index (κ1) is 13.5. The van der Waals surface area contributed by atoms with E-state index in [1.165, 1.54) is 5.56 Å². The molecule has 1 unspecified atom stereocenters. The highest BCUT2D eigenvalue weighted by molar-refractivity contribution is 7.99. The second kappa shape index (κ2) is 7.69. The zero-order valence-corrected chi connectivity index (χ0v) is 10.8. The molecule has 0 fully saturated rings. The molecule has 1 aromatic rings. The monoisotopic (exact) mass is 241 g/mol. The summed E-state index contributed by atoms with van der Waals surface area (Å²) in [6, 6.07) is 8.71. The van der Waals surface area contributed by atoms with Gasteiger partial charge in [-0.25, -0.2) is 0 Å². The largest absolute Gasteiger partial charge is 0.310 e. The average Bonchev–Trinajstić information content (AvgIpc) is 2.33. The van der Waals surface area contributed by atoms with Crippen LogP contribution in [0.1, 0.15) is 31.9 Å². The van der Waals surface area contributed by atoms with Crippen LogP contribution >= 0.6 is 11.8 Å². The molecule has 1 atom stereocenters. The molecule has 0 aromatic heterocycles. The van der Waals surface area contributed by atoms with Crippen molar-refractivity contribution in [2.45, 2.75) is 31.2 Å². The number of alkyl halides is 1. The molecule has 0 aliphatic rings. The second-order valence-electron chi connectivity index (χ2n) is 3.79. The van der Waals surface area contributed by atoms with Crippen LogP contribution in [0.5, 0.6) is 0 Å². The molecule has 0 saturated carbocycles. The SMILES string of the molecule is CCCNC(C)c1cccc(SCCF)c1. The van der Waals surface area contributed by atoms with Gasteiger partial charge in [-0.05, 0) is 37.6 Å². The topological polar surface area (TPSA) is 12.0 Å². The van der Waals surface area contributed by atoms with Gasteiger partial charge < -0.3 is 5.32 Å². The first-order valence-corrected chi connectivity index (χ1v) is 6.78. The van der Waals surface area contributed by atoms with Gasteiger partial charge in [-0.2, -0.15) is 0 Å². The molecular weight excluding hydrogens is 221 g/mol. The van der Waals surface area contributed by atoms with Crippen molar-refractivity contribution < 1.29 is 4.39 Å². The molecule has 1 N–H and O–H groups in total. The molecule has 16 heavy (non-hydrogen) atoms. The number of rotatable bonds is 7. The summed E-state index contributed by atoms with van der Waals surface area (Å²) in [5.41, 5.74) is 1.28. The highest BCUT2D eigenvalue weighted by Gasteiger charge is 2.04. The molecule has 1 rings (SSSR count). The fourth-order valence-electron chi connectivity index (χ4n) is 1.51. The predicted octanol–water partition coefficient (Wildman–Crippen LogP) is 3.81. The molecule has 0 saturated heterocycles. The molecule has 90 valence electrons. The van der Waals surface area contributed by atoms with Crippen LogP contribution in [0.2, 0.25) is 0 Å². The molecule has 0 aliphatic heterocycles. The highest BCUT2D eigenvalue weighted by Crippen LogP contribution is 2.22. The lowest BCUT2D eigenvalue weighted by atomic mass is 10.1. The summed E-state index contributed by atoms with van der Waals surface area (Å²) in [7, 11) is 0. The fraction of sp³-hybridized carbons (Fsp3) is 0.538. The smallest absolute Gasteiger partial charge is 0.0988 e. The minimum absolute atomic E-state index is 0.265. The van der Waals surface area contributed by atoms with Crippen molar-refractivity contribution in [3.05, 3.63) is 29.8 Å². The van der Waals surface area contributed by atoms with Gasteiger partial charge in [0, 0.05) is 16.7 Å². The number of halogens is 1. The number of nitrogens with one attached hydrogen (secondary N) is 1. The second-order valence-corrected chi connectivity index (χ2v) is 4.95. The van der Waals surface area contributed by atoms with Gasteiger partial charge in [-0.15, -0.1) is 11.8 Å². The lowest BCUT2D eigenvalue weighted by Gasteiger charge is -2.14. The van der Waals surface area contributed by atoms with E-state index in [0.29, 0.717) is 11.8 Å². The van der Waals surface area contributed by atoms with Crippen molar-refractivity contribution in [1.29, 1.82) is 0 Å². The maximum absolute atomic E-state index is 12.1. The third kappa shape index (κ3) is 4.54. The maximum Gasteiger partial charge on any atom is 0.0988 e. The van der Waals surface area contributed by atoms with Gasteiger partial charge in [0.15, 0.2) is 0 Å². The Balaban J connectivity index is 2.58. The van der Waals surface area contributed by atoms with Crippen molar-refractivity contribution in [3.8, 4) is 0 Å². The van der Waals surface area contributed by atoms with Crippen LogP contribution in [-0.2, 0) is 0 Å². The Bertz CT molecular complexity index is 304. The normalized spacial score (nSPS) is 12.7. The van der Waals surface area contributed by atoms with E-state index in [1.54, 1.807) is 11.8 Å². The van der Waals surface area contributed by atoms with E-state index in [4.69, 9.17) is 0 Å². The quantitative estimate of drug-likeness (QED) is 0.729. The predicted molar refractivity (Wildman–Crippen MR) is 69.8 cm³/mol. The Morgan fingerprint density at radius 1 is 1.44 bits per heavy atom. The number of benzene rings is 1. The van der Waals surface area contributed by atoms with Crippen LogP contribution in [-0.4, -0.2) is 19.0 Å². The lowest BCUT2D eigenvalue weighted by Crippen LogP contribution is -2.19. The molecule has 3 heteroatoms. The summed E-state index contributed by atoms with van der Waals surface area (Å²) >= 11 is 1.57. The van der Waals surface area contributed by atoms with Crippen molar-refractivity contribution in [2.75, 3.05) is 19.0 Å². The third-order valence-corrected chi connectivity index (χ3v) is 3.35. The Morgan fingerprint density at radius 2 is 2.25 bits per heavy atom. The van der Waals surface area contributed by atoms with Gasteiger partial charge in [0.1, 0.15) is 0 Å². The summed E-state index contributed by atoms with van der Waals surface area (Å²) in [6.07, 6.45) is 1.14. The zero-order chi connectivity index (χ0) is 11.8. The van der Waals surface area contributed by atoms with Crippen molar-refractivity contribution in [1.82, 2.24) is 5.32 Å². The van der Waals surface area contributed by atoms with Gasteiger partial charge in [0.25, 0.3) is 0 Å². The Labute approximate surface area is 102 Å². The number of hydrogen-bond acceptors (Lipinski definition) is 2. The Morgan fingerprint density at radius 3 is 2.94 bits per heavy atom. The Hall–Kier alpha value is -0.540. The van der Waals surface area contributed by atoms with Crippen LogP contribution in [0.15, 0.2) is 29.2 Å². The molecule has 1 nitrogen and oxygen atoms in total. The summed E-state index contributed by atoms with van der Waals surface area (Å²) in [4.78, 5) is 1.15. The summed E-state index contributed by atoms with van der Waals surface area (Å²) < 4.78 is 12.1. The summed E-state index contributed by atoms with van der Waals surface area (Å²) in [5.74, 6) is 0.542. The van der Waals surface area contributed by atoms with Crippen molar-refractivity contribution >= 4 is 11.8 Å². The molecule has 0 amide bonds. The van der Waals surface area contributed by atoms with E-state index in [-0.39, 0.29) is 6.67 Å². The van der Waals surface area contributed by atoms with Gasteiger partial charge in [0.05, 0.1) is 6.67 Å². The van der Waals surface area contributed by atoms with E-state index in [2.05, 4.69) is 31.3 Å². The van der Waals surface area contributed by atoms with Crippen LogP contribution in [0.4, 0.5) is 4.39 Å². The molecule has 0 spiro atoms. The molecular formula is C13H20FNS. The number of thioether (sulfide) groups is 1. The fourth-order valence-corrected chi connectivity index (χ4v) is 2.22. The van der Waals surface area contributed by atoms with E-state index >= 15 is 0 Å². The molecule has 0 radical (unpaired) electrons. The zero-order valence-electron chi connectivity index (χ0n) is 10.0. The lowest BCUT2D eigenvalue weighted by molar-refractivity contribution is 0.533. The minimum atomic E-state index is -0.265. The van der Waals surface area contributed by atoms with Crippen LogP contribution in [0.3, 0.4) is 0 Å². The molecule has 0 bridgehead atoms. The van der Waals surface area contributed by atoms with Crippen LogP contribution in [0.25, 0.3) is 0 Å². The molecule has 0 heterocycles. The van der Waals surface area contributed by atoms with Crippen LogP contribution < -0.4 is 5.32 Å². The number of hydrogen-bond donors (Lipinski definition) is 1. The first-order chi connectivity index (χ1) is 7.77. The van der Waals surface area contributed by atoms with E-state index in [0.717, 1.165) is 17.9 Å². The van der Waals surface area contributed by atoms with Gasteiger partial charge >= 0.3 is 0 Å². The first-order valence-electron chi connectivity index (χ1n) is 5.80. The maximum atomic E-state index is 12.1. The van der Waals surface area contributed by atoms with E-state index in [1.807, 2.05) is 12.1 Å². The standard InChI is InChI=1S/C13H20FNS/c1-3-8-15-11(2)12-5-4-6-13(10-12)16-9-7-14/h4-6,10-11,15H,3,7-9H2,1-2H3. The molecule has 1 aromatic carbocycles. The molecule has 0 aliphatic carbocycles. The van der Waals surface area contributed by atoms with Crippen LogP contribution in [0, 0.1) is 0 Å².